The molecule has 2 aromatic carbocycles. The molecule has 2 heterocycles. The van der Waals surface area contributed by atoms with E-state index in [0.717, 1.165) is 11.1 Å². The van der Waals surface area contributed by atoms with Gasteiger partial charge in [0.15, 0.2) is 0 Å². The van der Waals surface area contributed by atoms with Crippen molar-refractivity contribution in [1.82, 2.24) is 15.0 Å². The van der Waals surface area contributed by atoms with Gasteiger partial charge in [-0.15, -0.1) is 0 Å². The van der Waals surface area contributed by atoms with Crippen molar-refractivity contribution in [3.63, 3.8) is 0 Å². The van der Waals surface area contributed by atoms with E-state index in [1.54, 1.807) is 38.6 Å². The SMILES string of the molecule is COc1cccc(-c2noc(CN(C)C(=O)/C(=C/c3ccco3)c3ccccc3)n2)c1. The summed E-state index contributed by atoms with van der Waals surface area (Å²) in [4.78, 5) is 19.2. The summed E-state index contributed by atoms with van der Waals surface area (Å²) in [6, 6.07) is 20.4. The molecule has 0 atom stereocenters. The first-order valence-electron chi connectivity index (χ1n) is 9.67. The second-order valence-corrected chi connectivity index (χ2v) is 6.84. The van der Waals surface area contributed by atoms with E-state index < -0.39 is 0 Å². The number of methoxy groups -OCH3 is 1. The number of carbonyl (C=O) groups is 1. The van der Waals surface area contributed by atoms with Gasteiger partial charge in [-0.25, -0.2) is 0 Å². The van der Waals surface area contributed by atoms with Crippen LogP contribution in [0.4, 0.5) is 0 Å². The minimum absolute atomic E-state index is 0.165. The van der Waals surface area contributed by atoms with Crippen molar-refractivity contribution in [1.29, 1.82) is 0 Å². The van der Waals surface area contributed by atoms with Gasteiger partial charge in [0.05, 0.1) is 25.5 Å². The summed E-state index contributed by atoms with van der Waals surface area (Å²) < 4.78 is 16.0. The molecule has 0 saturated carbocycles. The number of hydrogen-bond donors (Lipinski definition) is 0. The van der Waals surface area contributed by atoms with E-state index in [1.807, 2.05) is 54.6 Å². The van der Waals surface area contributed by atoms with Crippen LogP contribution in [0.25, 0.3) is 23.0 Å². The Kier molecular flexibility index (Phi) is 5.93. The molecule has 1 amide bonds. The maximum Gasteiger partial charge on any atom is 0.254 e. The fourth-order valence-electron chi connectivity index (χ4n) is 3.08. The van der Waals surface area contributed by atoms with Crippen LogP contribution in [0.3, 0.4) is 0 Å². The maximum absolute atomic E-state index is 13.2. The molecule has 4 rings (SSSR count). The van der Waals surface area contributed by atoms with Gasteiger partial charge in [-0.1, -0.05) is 47.6 Å². The van der Waals surface area contributed by atoms with Gasteiger partial charge in [0, 0.05) is 12.6 Å². The third kappa shape index (κ3) is 4.72. The summed E-state index contributed by atoms with van der Waals surface area (Å²) >= 11 is 0. The van der Waals surface area contributed by atoms with Gasteiger partial charge in [-0.05, 0) is 35.9 Å². The van der Waals surface area contributed by atoms with Gasteiger partial charge >= 0.3 is 0 Å². The monoisotopic (exact) mass is 415 g/mol. The number of carbonyl (C=O) groups excluding carboxylic acids is 1. The van der Waals surface area contributed by atoms with Gasteiger partial charge in [0.2, 0.25) is 11.7 Å². The van der Waals surface area contributed by atoms with Gasteiger partial charge < -0.3 is 18.6 Å². The summed E-state index contributed by atoms with van der Waals surface area (Å²) in [5.41, 5.74) is 2.06. The molecule has 0 spiro atoms. The number of hydrogen-bond acceptors (Lipinski definition) is 6. The highest BCUT2D eigenvalue weighted by Crippen LogP contribution is 2.23. The van der Waals surface area contributed by atoms with Crippen molar-refractivity contribution >= 4 is 17.6 Å². The van der Waals surface area contributed by atoms with Crippen LogP contribution in [0, 0.1) is 0 Å². The molecule has 0 radical (unpaired) electrons. The average molecular weight is 415 g/mol. The van der Waals surface area contributed by atoms with Crippen molar-refractivity contribution in [2.45, 2.75) is 6.54 Å². The first kappa shape index (κ1) is 20.2. The lowest BCUT2D eigenvalue weighted by Gasteiger charge is -2.17. The number of ether oxygens (including phenoxy) is 1. The lowest BCUT2D eigenvalue weighted by atomic mass is 10.0. The third-order valence-electron chi connectivity index (χ3n) is 4.66. The van der Waals surface area contributed by atoms with Crippen molar-refractivity contribution in [3.05, 3.63) is 90.2 Å². The average Bonchev–Trinajstić information content (AvgIpc) is 3.50. The van der Waals surface area contributed by atoms with E-state index in [4.69, 9.17) is 13.7 Å². The van der Waals surface area contributed by atoms with Crippen molar-refractivity contribution in [3.8, 4) is 17.1 Å². The predicted octanol–water partition coefficient (Wildman–Crippen LogP) is 4.54. The maximum atomic E-state index is 13.2. The minimum atomic E-state index is -0.191. The number of rotatable bonds is 7. The van der Waals surface area contributed by atoms with Crippen molar-refractivity contribution < 1.29 is 18.5 Å². The number of benzene rings is 2. The summed E-state index contributed by atoms with van der Waals surface area (Å²) in [5, 5.41) is 4.03. The smallest absolute Gasteiger partial charge is 0.254 e. The molecule has 156 valence electrons. The second kappa shape index (κ2) is 9.13. The van der Waals surface area contributed by atoms with Crippen molar-refractivity contribution in [2.75, 3.05) is 14.2 Å². The molecule has 0 bridgehead atoms. The van der Waals surface area contributed by atoms with Gasteiger partial charge in [-0.3, -0.25) is 4.79 Å². The Balaban J connectivity index is 1.55. The molecule has 0 aliphatic carbocycles. The molecule has 7 nitrogen and oxygen atoms in total. The van der Waals surface area contributed by atoms with Crippen LogP contribution in [-0.2, 0) is 11.3 Å². The minimum Gasteiger partial charge on any atom is -0.497 e. The quantitative estimate of drug-likeness (QED) is 0.412. The van der Waals surface area contributed by atoms with E-state index in [0.29, 0.717) is 28.8 Å². The molecule has 0 fully saturated rings. The molecule has 31 heavy (non-hydrogen) atoms. The first-order chi connectivity index (χ1) is 15.1. The molecule has 4 aromatic rings. The number of aromatic nitrogens is 2. The second-order valence-electron chi connectivity index (χ2n) is 6.84. The Labute approximate surface area is 179 Å². The molecule has 0 N–H and O–H groups in total. The van der Waals surface area contributed by atoms with E-state index in [-0.39, 0.29) is 12.5 Å². The Morgan fingerprint density at radius 1 is 1.10 bits per heavy atom. The summed E-state index contributed by atoms with van der Waals surface area (Å²) in [6.45, 7) is 0.165. The van der Waals surface area contributed by atoms with E-state index in [2.05, 4.69) is 10.1 Å². The fourth-order valence-corrected chi connectivity index (χ4v) is 3.08. The van der Waals surface area contributed by atoms with Crippen LogP contribution >= 0.6 is 0 Å². The fraction of sp³-hybridized carbons (Fsp3) is 0.125. The molecule has 2 aromatic heterocycles. The lowest BCUT2D eigenvalue weighted by Crippen LogP contribution is -2.27. The highest BCUT2D eigenvalue weighted by Gasteiger charge is 2.20. The van der Waals surface area contributed by atoms with E-state index in [1.165, 1.54) is 4.90 Å². The first-order valence-corrected chi connectivity index (χ1v) is 9.67. The van der Waals surface area contributed by atoms with Crippen LogP contribution in [0.2, 0.25) is 0 Å². The number of likely N-dealkylation sites (N-methyl/N-ethyl adjacent to an activating group) is 1. The summed E-state index contributed by atoms with van der Waals surface area (Å²) in [5.74, 6) is 1.87. The zero-order valence-electron chi connectivity index (χ0n) is 17.2. The molecule has 0 aliphatic heterocycles. The normalized spacial score (nSPS) is 11.4. The molecule has 7 heteroatoms. The largest absolute Gasteiger partial charge is 0.497 e. The highest BCUT2D eigenvalue weighted by molar-refractivity contribution is 6.23. The molecular formula is C24H21N3O4. The van der Waals surface area contributed by atoms with Gasteiger partial charge in [0.25, 0.3) is 5.91 Å². The van der Waals surface area contributed by atoms with Crippen LogP contribution in [0.5, 0.6) is 5.75 Å². The van der Waals surface area contributed by atoms with Gasteiger partial charge in [0.1, 0.15) is 11.5 Å². The highest BCUT2D eigenvalue weighted by atomic mass is 16.5. The van der Waals surface area contributed by atoms with Crippen LogP contribution < -0.4 is 4.74 Å². The number of nitrogens with zero attached hydrogens (tertiary/aromatic N) is 3. The summed E-state index contributed by atoms with van der Waals surface area (Å²) in [7, 11) is 3.29. The Bertz CT molecular complexity index is 1180. The van der Waals surface area contributed by atoms with Crippen LogP contribution in [0.1, 0.15) is 17.2 Å². The molecular weight excluding hydrogens is 394 g/mol. The zero-order chi connectivity index (χ0) is 21.6. The molecule has 0 unspecified atom stereocenters. The Morgan fingerprint density at radius 2 is 1.94 bits per heavy atom. The molecule has 0 saturated heterocycles. The van der Waals surface area contributed by atoms with E-state index in [9.17, 15) is 4.79 Å². The van der Waals surface area contributed by atoms with Crippen LogP contribution in [-0.4, -0.2) is 35.1 Å². The Morgan fingerprint density at radius 3 is 2.68 bits per heavy atom. The Hall–Kier alpha value is -4.13. The number of furan rings is 1. The standard InChI is InChI=1S/C24H21N3O4/c1-27(16-22-25-23(26-31-22)18-10-6-11-19(14-18)29-2)24(28)21(15-20-12-7-13-30-20)17-8-4-3-5-9-17/h3-15H,16H2,1-2H3/b21-15+. The topological polar surface area (TPSA) is 81.6 Å². The van der Waals surface area contributed by atoms with Crippen molar-refractivity contribution in [2.24, 2.45) is 0 Å². The third-order valence-corrected chi connectivity index (χ3v) is 4.66. The molecule has 0 aliphatic rings. The predicted molar refractivity (Wildman–Crippen MR) is 116 cm³/mol. The lowest BCUT2D eigenvalue weighted by molar-refractivity contribution is -0.124. The van der Waals surface area contributed by atoms with Crippen LogP contribution in [0.15, 0.2) is 81.9 Å². The van der Waals surface area contributed by atoms with E-state index >= 15 is 0 Å². The number of amides is 1. The van der Waals surface area contributed by atoms with Gasteiger partial charge in [-0.2, -0.15) is 4.98 Å². The summed E-state index contributed by atoms with van der Waals surface area (Å²) in [6.07, 6.45) is 3.30. The zero-order valence-corrected chi connectivity index (χ0v) is 17.2.